The summed E-state index contributed by atoms with van der Waals surface area (Å²) in [6, 6.07) is 5.68. The molecule has 2 N–H and O–H groups in total. The van der Waals surface area contributed by atoms with E-state index >= 15 is 0 Å². The Kier molecular flexibility index (Phi) is 5.25. The van der Waals surface area contributed by atoms with Crippen LogP contribution >= 0.6 is 23.2 Å². The minimum atomic E-state index is -0.334. The molecule has 0 saturated heterocycles. The van der Waals surface area contributed by atoms with Crippen molar-refractivity contribution in [3.05, 3.63) is 33.8 Å². The number of primary amides is 1. The SMILES string of the molecule is CC(C)N(CC(N)=O)Cc1ccc(Cl)c(Cl)c1. The number of hydrogen-bond donors (Lipinski definition) is 1. The topological polar surface area (TPSA) is 46.3 Å². The number of rotatable bonds is 5. The van der Waals surface area contributed by atoms with Crippen molar-refractivity contribution in [1.29, 1.82) is 0 Å². The van der Waals surface area contributed by atoms with Crippen LogP contribution in [0, 0.1) is 0 Å². The number of carbonyl (C=O) groups excluding carboxylic acids is 1. The highest BCUT2D eigenvalue weighted by atomic mass is 35.5. The van der Waals surface area contributed by atoms with E-state index in [-0.39, 0.29) is 18.5 Å². The lowest BCUT2D eigenvalue weighted by atomic mass is 10.2. The molecule has 5 heteroatoms. The van der Waals surface area contributed by atoms with Gasteiger partial charge < -0.3 is 5.73 Å². The predicted octanol–water partition coefficient (Wildman–Crippen LogP) is 2.69. The Morgan fingerprint density at radius 3 is 2.47 bits per heavy atom. The Bertz CT molecular complexity index is 407. The number of amides is 1. The number of nitrogens with zero attached hydrogens (tertiary/aromatic N) is 1. The van der Waals surface area contributed by atoms with E-state index < -0.39 is 0 Å². The Hall–Kier alpha value is -0.770. The Labute approximate surface area is 111 Å². The highest BCUT2D eigenvalue weighted by molar-refractivity contribution is 6.42. The van der Waals surface area contributed by atoms with Crippen molar-refractivity contribution < 1.29 is 4.79 Å². The summed E-state index contributed by atoms with van der Waals surface area (Å²) in [5, 5.41) is 1.05. The minimum Gasteiger partial charge on any atom is -0.369 e. The smallest absolute Gasteiger partial charge is 0.231 e. The number of benzene rings is 1. The summed E-state index contributed by atoms with van der Waals surface area (Å²) in [6.07, 6.45) is 0. The molecule has 0 aliphatic carbocycles. The molecule has 0 aliphatic heterocycles. The van der Waals surface area contributed by atoms with Gasteiger partial charge in [-0.3, -0.25) is 9.69 Å². The molecule has 1 aromatic rings. The third kappa shape index (κ3) is 4.54. The van der Waals surface area contributed by atoms with Gasteiger partial charge in [-0.1, -0.05) is 29.3 Å². The summed E-state index contributed by atoms with van der Waals surface area (Å²) in [7, 11) is 0. The van der Waals surface area contributed by atoms with Crippen LogP contribution in [0.2, 0.25) is 10.0 Å². The van der Waals surface area contributed by atoms with Gasteiger partial charge in [-0.05, 0) is 31.5 Å². The molecule has 0 unspecified atom stereocenters. The van der Waals surface area contributed by atoms with Crippen LogP contribution in [0.1, 0.15) is 19.4 Å². The monoisotopic (exact) mass is 274 g/mol. The van der Waals surface area contributed by atoms with Gasteiger partial charge in [-0.15, -0.1) is 0 Å². The molecule has 0 spiro atoms. The van der Waals surface area contributed by atoms with Crippen LogP contribution in [0.5, 0.6) is 0 Å². The molecule has 17 heavy (non-hydrogen) atoms. The Balaban J connectivity index is 2.78. The van der Waals surface area contributed by atoms with Crippen LogP contribution in [0.25, 0.3) is 0 Å². The lowest BCUT2D eigenvalue weighted by Crippen LogP contribution is -2.37. The number of hydrogen-bond acceptors (Lipinski definition) is 2. The first-order valence-electron chi connectivity index (χ1n) is 5.36. The van der Waals surface area contributed by atoms with Gasteiger partial charge in [0.25, 0.3) is 0 Å². The second-order valence-corrected chi connectivity index (χ2v) is 5.03. The van der Waals surface area contributed by atoms with Crippen LogP contribution < -0.4 is 5.73 Å². The van der Waals surface area contributed by atoms with Gasteiger partial charge >= 0.3 is 0 Å². The van der Waals surface area contributed by atoms with Crippen LogP contribution in [-0.4, -0.2) is 23.4 Å². The fourth-order valence-corrected chi connectivity index (χ4v) is 1.81. The quantitative estimate of drug-likeness (QED) is 0.898. The van der Waals surface area contributed by atoms with E-state index in [1.165, 1.54) is 0 Å². The van der Waals surface area contributed by atoms with Crippen molar-refractivity contribution in [2.45, 2.75) is 26.4 Å². The lowest BCUT2D eigenvalue weighted by molar-refractivity contribution is -0.119. The maximum atomic E-state index is 11.0. The molecular formula is C12H16Cl2N2O. The maximum Gasteiger partial charge on any atom is 0.231 e. The van der Waals surface area contributed by atoms with Gasteiger partial charge in [0.05, 0.1) is 16.6 Å². The molecule has 1 amide bonds. The summed E-state index contributed by atoms with van der Waals surface area (Å²) in [4.78, 5) is 12.9. The van der Waals surface area contributed by atoms with Crippen LogP contribution in [0.3, 0.4) is 0 Å². The zero-order valence-electron chi connectivity index (χ0n) is 9.91. The van der Waals surface area contributed by atoms with Gasteiger partial charge in [0.2, 0.25) is 5.91 Å². The molecular weight excluding hydrogens is 259 g/mol. The molecule has 0 aliphatic rings. The highest BCUT2D eigenvalue weighted by Gasteiger charge is 2.13. The zero-order chi connectivity index (χ0) is 13.0. The summed E-state index contributed by atoms with van der Waals surface area (Å²) in [5.41, 5.74) is 6.22. The molecule has 0 fully saturated rings. The van der Waals surface area contributed by atoms with Crippen molar-refractivity contribution in [2.75, 3.05) is 6.54 Å². The predicted molar refractivity (Wildman–Crippen MR) is 71.2 cm³/mol. The largest absolute Gasteiger partial charge is 0.369 e. The lowest BCUT2D eigenvalue weighted by Gasteiger charge is -2.25. The highest BCUT2D eigenvalue weighted by Crippen LogP contribution is 2.23. The summed E-state index contributed by atoms with van der Waals surface area (Å²) >= 11 is 11.8. The average Bonchev–Trinajstić information content (AvgIpc) is 2.21. The second kappa shape index (κ2) is 6.24. The van der Waals surface area contributed by atoms with E-state index in [4.69, 9.17) is 28.9 Å². The molecule has 94 valence electrons. The van der Waals surface area contributed by atoms with Gasteiger partial charge in [0, 0.05) is 12.6 Å². The molecule has 0 aromatic heterocycles. The molecule has 3 nitrogen and oxygen atoms in total. The fraction of sp³-hybridized carbons (Fsp3) is 0.417. The van der Waals surface area contributed by atoms with E-state index in [0.717, 1.165) is 5.56 Å². The first-order chi connectivity index (χ1) is 7.90. The minimum absolute atomic E-state index is 0.233. The molecule has 0 radical (unpaired) electrons. The van der Waals surface area contributed by atoms with Crippen molar-refractivity contribution >= 4 is 29.1 Å². The molecule has 0 saturated carbocycles. The van der Waals surface area contributed by atoms with Crippen LogP contribution in [0.15, 0.2) is 18.2 Å². The van der Waals surface area contributed by atoms with E-state index in [0.29, 0.717) is 16.6 Å². The van der Waals surface area contributed by atoms with Crippen molar-refractivity contribution in [3.8, 4) is 0 Å². The maximum absolute atomic E-state index is 11.0. The third-order valence-corrected chi connectivity index (χ3v) is 3.20. The number of nitrogens with two attached hydrogens (primary N) is 1. The van der Waals surface area contributed by atoms with Gasteiger partial charge in [0.1, 0.15) is 0 Å². The Morgan fingerprint density at radius 1 is 1.35 bits per heavy atom. The van der Waals surface area contributed by atoms with Crippen LogP contribution in [-0.2, 0) is 11.3 Å². The third-order valence-electron chi connectivity index (χ3n) is 2.46. The molecule has 0 heterocycles. The summed E-state index contributed by atoms with van der Waals surface area (Å²) < 4.78 is 0. The number of halogens is 2. The van der Waals surface area contributed by atoms with Gasteiger partial charge in [-0.2, -0.15) is 0 Å². The normalized spacial score (nSPS) is 11.2. The average molecular weight is 275 g/mol. The summed E-state index contributed by atoms with van der Waals surface area (Å²) in [5.74, 6) is -0.334. The fourth-order valence-electron chi connectivity index (χ4n) is 1.49. The van der Waals surface area contributed by atoms with Gasteiger partial charge in [0.15, 0.2) is 0 Å². The molecule has 1 rings (SSSR count). The second-order valence-electron chi connectivity index (χ2n) is 4.21. The van der Waals surface area contributed by atoms with Crippen molar-refractivity contribution in [3.63, 3.8) is 0 Å². The van der Waals surface area contributed by atoms with Gasteiger partial charge in [-0.25, -0.2) is 0 Å². The zero-order valence-corrected chi connectivity index (χ0v) is 11.4. The Morgan fingerprint density at radius 2 is 2.00 bits per heavy atom. The first kappa shape index (κ1) is 14.3. The van der Waals surface area contributed by atoms with E-state index in [1.807, 2.05) is 24.8 Å². The van der Waals surface area contributed by atoms with E-state index in [1.54, 1.807) is 12.1 Å². The van der Waals surface area contributed by atoms with E-state index in [9.17, 15) is 4.79 Å². The van der Waals surface area contributed by atoms with Crippen molar-refractivity contribution in [2.24, 2.45) is 5.73 Å². The van der Waals surface area contributed by atoms with E-state index in [2.05, 4.69) is 0 Å². The first-order valence-corrected chi connectivity index (χ1v) is 6.12. The summed E-state index contributed by atoms with van der Waals surface area (Å²) in [6.45, 7) is 4.89. The number of carbonyl (C=O) groups is 1. The molecule has 1 aromatic carbocycles. The van der Waals surface area contributed by atoms with Crippen LogP contribution in [0.4, 0.5) is 0 Å². The molecule has 0 bridgehead atoms. The molecule has 0 atom stereocenters. The van der Waals surface area contributed by atoms with Crippen molar-refractivity contribution in [1.82, 2.24) is 4.90 Å². The standard InChI is InChI=1S/C12H16Cl2N2O/c1-8(2)16(7-12(15)17)6-9-3-4-10(13)11(14)5-9/h3-5,8H,6-7H2,1-2H3,(H2,15,17).